The van der Waals surface area contributed by atoms with E-state index in [1.54, 1.807) is 48.4 Å². The van der Waals surface area contributed by atoms with Crippen LogP contribution in [0.4, 0.5) is 10.1 Å². The molecule has 3 heterocycles. The van der Waals surface area contributed by atoms with Crippen molar-refractivity contribution in [2.75, 3.05) is 18.4 Å². The highest BCUT2D eigenvalue weighted by atomic mass is 19.1. The number of hydrazone groups is 1. The van der Waals surface area contributed by atoms with E-state index < -0.39 is 12.1 Å². The molecule has 43 heavy (non-hydrogen) atoms. The zero-order valence-corrected chi connectivity index (χ0v) is 23.5. The number of aromatic nitrogens is 2. The molecule has 3 N–H and O–H groups in total. The summed E-state index contributed by atoms with van der Waals surface area (Å²) < 4.78 is 19.2. The Hall–Kier alpha value is -5.00. The number of nitrogens with one attached hydrogen (secondary N) is 3. The first kappa shape index (κ1) is 28.1. The number of amidine groups is 1. The number of amides is 2. The minimum Gasteiger partial charge on any atom is -0.436 e. The van der Waals surface area contributed by atoms with Gasteiger partial charge in [0.05, 0.1) is 12.0 Å². The van der Waals surface area contributed by atoms with E-state index in [0.29, 0.717) is 52.9 Å². The average Bonchev–Trinajstić information content (AvgIpc) is 3.63. The number of benzene rings is 2. The lowest BCUT2D eigenvalue weighted by Gasteiger charge is -2.36. The Morgan fingerprint density at radius 3 is 2.60 bits per heavy atom. The monoisotopic (exact) mass is 582 g/mol. The highest BCUT2D eigenvalue weighted by Crippen LogP contribution is 2.35. The zero-order valence-electron chi connectivity index (χ0n) is 23.5. The zero-order chi connectivity index (χ0) is 29.9. The molecular weight excluding hydrogens is 551 g/mol. The van der Waals surface area contributed by atoms with Crippen LogP contribution < -0.4 is 10.7 Å². The molecule has 3 atom stereocenters. The Morgan fingerprint density at radius 1 is 1.12 bits per heavy atom. The third kappa shape index (κ3) is 6.27. The quantitative estimate of drug-likeness (QED) is 0.104. The second kappa shape index (κ2) is 12.1. The largest absolute Gasteiger partial charge is 0.436 e. The van der Waals surface area contributed by atoms with E-state index in [2.05, 4.69) is 30.9 Å². The minimum absolute atomic E-state index is 0.0704. The van der Waals surface area contributed by atoms with Crippen molar-refractivity contribution in [2.45, 2.75) is 38.4 Å². The van der Waals surface area contributed by atoms with Crippen molar-refractivity contribution in [3.8, 4) is 11.5 Å². The van der Waals surface area contributed by atoms with E-state index >= 15 is 0 Å². The fraction of sp³-hybridized carbons (Fsp3) is 0.323. The molecular formula is C31H31FN8O3. The summed E-state index contributed by atoms with van der Waals surface area (Å²) >= 11 is 0. The number of alkyl halides is 1. The molecule has 1 saturated heterocycles. The van der Waals surface area contributed by atoms with Gasteiger partial charge in [0.1, 0.15) is 17.4 Å². The number of hydrogen-bond acceptors (Lipinski definition) is 8. The summed E-state index contributed by atoms with van der Waals surface area (Å²) in [6.45, 7) is 2.79. The van der Waals surface area contributed by atoms with Crippen LogP contribution in [-0.2, 0) is 4.79 Å². The van der Waals surface area contributed by atoms with Gasteiger partial charge in [-0.15, -0.1) is 5.11 Å². The molecule has 11 nitrogen and oxygen atoms in total. The minimum atomic E-state index is -1.07. The van der Waals surface area contributed by atoms with Gasteiger partial charge in [0.25, 0.3) is 5.91 Å². The molecule has 1 saturated carbocycles. The van der Waals surface area contributed by atoms with Crippen LogP contribution >= 0.6 is 0 Å². The number of fused-ring (bicyclic) bond motifs is 1. The Labute approximate surface area is 247 Å². The fourth-order valence-corrected chi connectivity index (χ4v) is 5.38. The normalized spacial score (nSPS) is 19.6. The Kier molecular flexibility index (Phi) is 7.91. The highest BCUT2D eigenvalue weighted by molar-refractivity contribution is 5.96. The lowest BCUT2D eigenvalue weighted by atomic mass is 9.85. The lowest BCUT2D eigenvalue weighted by molar-refractivity contribution is -0.117. The molecule has 2 aromatic heterocycles. The van der Waals surface area contributed by atoms with Gasteiger partial charge in [-0.3, -0.25) is 14.6 Å². The van der Waals surface area contributed by atoms with Crippen LogP contribution in [0.3, 0.4) is 0 Å². The maximum Gasteiger partial charge on any atom is 0.272 e. The molecule has 4 aromatic rings. The summed E-state index contributed by atoms with van der Waals surface area (Å²) in [6.07, 6.45) is 2.28. The third-order valence-electron chi connectivity index (χ3n) is 7.91. The second-order valence-corrected chi connectivity index (χ2v) is 10.9. The van der Waals surface area contributed by atoms with Crippen molar-refractivity contribution in [3.63, 3.8) is 0 Å². The van der Waals surface area contributed by atoms with Gasteiger partial charge in [0.15, 0.2) is 11.4 Å². The fourth-order valence-electron chi connectivity index (χ4n) is 5.38. The van der Waals surface area contributed by atoms with Crippen LogP contribution in [-0.4, -0.2) is 51.8 Å². The van der Waals surface area contributed by atoms with Crippen LogP contribution in [0.25, 0.3) is 22.6 Å². The molecule has 2 amide bonds. The van der Waals surface area contributed by atoms with Crippen molar-refractivity contribution < 1.29 is 18.4 Å². The van der Waals surface area contributed by atoms with E-state index in [1.165, 1.54) is 0 Å². The number of halogens is 1. The number of likely N-dealkylation sites (tertiary alicyclic amines) is 1. The van der Waals surface area contributed by atoms with E-state index in [0.717, 1.165) is 18.4 Å². The molecule has 220 valence electrons. The summed E-state index contributed by atoms with van der Waals surface area (Å²) in [5.41, 5.74) is 13.9. The maximum absolute atomic E-state index is 13.5. The number of anilines is 1. The molecule has 0 bridgehead atoms. The predicted molar refractivity (Wildman–Crippen MR) is 158 cm³/mol. The Morgan fingerprint density at radius 2 is 1.88 bits per heavy atom. The van der Waals surface area contributed by atoms with E-state index in [9.17, 15) is 14.0 Å². The van der Waals surface area contributed by atoms with Crippen molar-refractivity contribution in [1.29, 1.82) is 5.53 Å². The number of oxazole rings is 1. The van der Waals surface area contributed by atoms with Gasteiger partial charge in [0, 0.05) is 30.5 Å². The second-order valence-electron chi connectivity index (χ2n) is 10.9. The van der Waals surface area contributed by atoms with Crippen molar-refractivity contribution in [1.82, 2.24) is 20.3 Å². The molecule has 0 spiro atoms. The van der Waals surface area contributed by atoms with Crippen LogP contribution in [0.5, 0.6) is 0 Å². The van der Waals surface area contributed by atoms with Crippen LogP contribution in [0, 0.1) is 17.4 Å². The number of nitrogens with zero attached hydrogens (tertiary/aromatic N) is 5. The average molecular weight is 583 g/mol. The van der Waals surface area contributed by atoms with Crippen molar-refractivity contribution >= 4 is 34.4 Å². The molecule has 0 radical (unpaired) electrons. The summed E-state index contributed by atoms with van der Waals surface area (Å²) in [5.74, 6) is -0.198. The van der Waals surface area contributed by atoms with Gasteiger partial charge in [-0.25, -0.2) is 14.9 Å². The molecule has 2 aliphatic rings. The molecule has 2 fully saturated rings. The molecule has 2 aromatic carbocycles. The number of rotatable bonds is 8. The van der Waals surface area contributed by atoms with Crippen LogP contribution in [0.2, 0.25) is 0 Å². The smallest absolute Gasteiger partial charge is 0.272 e. The maximum atomic E-state index is 13.5. The molecule has 1 aliphatic carbocycles. The molecule has 6 rings (SSSR count). The first-order chi connectivity index (χ1) is 20.9. The number of pyridine rings is 1. The summed E-state index contributed by atoms with van der Waals surface area (Å²) in [5, 5.41) is 10.4. The molecule has 1 unspecified atom stereocenters. The standard InChI is InChI=1S/C31H31FN8O3/c1-18(37-33)38-39-28(19-5-3-2-4-6-19)20-10-13-40(14-11-20)31(42)26-15-21(9-12-34-26)30-36-25-16-22(7-8-27(25)43-30)35-29(41)23-17-24(23)32/h2-9,12,15-16,20,23-24,28,33,39H,10-11,13-14,17H2,1H3,(H,35,41)/b37-33?,38-18-/t23-,24+,28?/m1/s1. The van der Waals surface area contributed by atoms with Crippen molar-refractivity contribution in [2.24, 2.45) is 22.1 Å². The highest BCUT2D eigenvalue weighted by Gasteiger charge is 2.43. The topological polar surface area (TPSA) is 149 Å². The van der Waals surface area contributed by atoms with Crippen LogP contribution in [0.15, 0.2) is 81.5 Å². The number of piperidine rings is 1. The first-order valence-electron chi connectivity index (χ1n) is 14.2. The summed E-state index contributed by atoms with van der Waals surface area (Å²) in [4.78, 5) is 36.3. The Bertz CT molecular complexity index is 1680. The Balaban J connectivity index is 1.13. The third-order valence-corrected chi connectivity index (χ3v) is 7.91. The summed E-state index contributed by atoms with van der Waals surface area (Å²) in [7, 11) is 0. The SMILES string of the molecule is C/C(N=N)=N/NC(c1ccccc1)C1CCN(C(=O)c2cc(-c3nc4cc(NC(=O)[C@@H]5C[C@@H]5F)ccc4o3)ccn2)CC1. The van der Waals surface area contributed by atoms with Crippen molar-refractivity contribution in [3.05, 3.63) is 78.1 Å². The van der Waals surface area contributed by atoms with Gasteiger partial charge >= 0.3 is 0 Å². The number of carbonyl (C=O) groups excluding carboxylic acids is 2. The van der Waals surface area contributed by atoms with E-state index in [4.69, 9.17) is 9.95 Å². The van der Waals surface area contributed by atoms with E-state index in [-0.39, 0.29) is 30.2 Å². The molecule has 1 aliphatic heterocycles. The number of carbonyl (C=O) groups is 2. The number of hydrogen-bond donors (Lipinski definition) is 3. The lowest BCUT2D eigenvalue weighted by Crippen LogP contribution is -2.41. The van der Waals surface area contributed by atoms with Gasteiger partial charge < -0.3 is 20.1 Å². The van der Waals surface area contributed by atoms with E-state index in [1.807, 2.05) is 30.3 Å². The molecule has 12 heteroatoms. The van der Waals surface area contributed by atoms with Gasteiger partial charge in [-0.2, -0.15) is 5.10 Å². The summed E-state index contributed by atoms with van der Waals surface area (Å²) in [6, 6.07) is 18.4. The van der Waals surface area contributed by atoms with Gasteiger partial charge in [0.2, 0.25) is 11.8 Å². The van der Waals surface area contributed by atoms with Gasteiger partial charge in [-0.05, 0) is 68.0 Å². The first-order valence-corrected chi connectivity index (χ1v) is 14.2. The van der Waals surface area contributed by atoms with Gasteiger partial charge in [-0.1, -0.05) is 30.3 Å². The van der Waals surface area contributed by atoms with Crippen LogP contribution in [0.1, 0.15) is 48.3 Å². The predicted octanol–water partition coefficient (Wildman–Crippen LogP) is 5.73.